The number of hydrogen-bond acceptors (Lipinski definition) is 4. The van der Waals surface area contributed by atoms with Gasteiger partial charge in [0.15, 0.2) is 0 Å². The van der Waals surface area contributed by atoms with Crippen molar-refractivity contribution in [3.63, 3.8) is 0 Å². The van der Waals surface area contributed by atoms with E-state index in [1.54, 1.807) is 18.6 Å². The molecular formula is C15H18N4. The Bertz CT molecular complexity index is 583. The molecule has 2 aromatic heterocycles. The summed E-state index contributed by atoms with van der Waals surface area (Å²) in [5.74, 6) is 0. The van der Waals surface area contributed by atoms with E-state index in [1.807, 2.05) is 26.0 Å². The predicted molar refractivity (Wildman–Crippen MR) is 77.1 cm³/mol. The summed E-state index contributed by atoms with van der Waals surface area (Å²) in [5.41, 5.74) is 11.4. The van der Waals surface area contributed by atoms with Crippen molar-refractivity contribution in [2.24, 2.45) is 5.73 Å². The van der Waals surface area contributed by atoms with Crippen molar-refractivity contribution in [3.8, 4) is 11.3 Å². The Morgan fingerprint density at radius 2 is 1.89 bits per heavy atom. The second-order valence-corrected chi connectivity index (χ2v) is 4.52. The van der Waals surface area contributed by atoms with Gasteiger partial charge in [-0.15, -0.1) is 0 Å². The fourth-order valence-electron chi connectivity index (χ4n) is 1.66. The summed E-state index contributed by atoms with van der Waals surface area (Å²) in [6.45, 7) is 6.02. The van der Waals surface area contributed by atoms with Crippen molar-refractivity contribution >= 4 is 5.70 Å². The zero-order chi connectivity index (χ0) is 13.8. The summed E-state index contributed by atoms with van der Waals surface area (Å²) in [5, 5.41) is 0. The normalized spacial score (nSPS) is 12.2. The Kier molecular flexibility index (Phi) is 3.90. The van der Waals surface area contributed by atoms with E-state index in [2.05, 4.69) is 21.9 Å². The smallest absolute Gasteiger partial charge is 0.0900 e. The summed E-state index contributed by atoms with van der Waals surface area (Å²) >= 11 is 0. The van der Waals surface area contributed by atoms with Crippen LogP contribution in [-0.2, 0) is 0 Å². The maximum Gasteiger partial charge on any atom is 0.0900 e. The van der Waals surface area contributed by atoms with Crippen LogP contribution in [0.25, 0.3) is 17.0 Å². The molecule has 0 aromatic carbocycles. The first-order chi connectivity index (χ1) is 9.11. The van der Waals surface area contributed by atoms with Crippen LogP contribution in [0.5, 0.6) is 0 Å². The quantitative estimate of drug-likeness (QED) is 0.914. The number of nitrogens with zero attached hydrogens (tertiary/aromatic N) is 3. The lowest BCUT2D eigenvalue weighted by Gasteiger charge is -2.06. The van der Waals surface area contributed by atoms with Crippen LogP contribution in [0.4, 0.5) is 0 Å². The Morgan fingerprint density at radius 1 is 1.11 bits per heavy atom. The minimum absolute atomic E-state index is 0.754. The third-order valence-corrected chi connectivity index (χ3v) is 3.11. The van der Waals surface area contributed by atoms with Gasteiger partial charge >= 0.3 is 0 Å². The van der Waals surface area contributed by atoms with Gasteiger partial charge in [0.2, 0.25) is 0 Å². The predicted octanol–water partition coefficient (Wildman–Crippen LogP) is 2.95. The summed E-state index contributed by atoms with van der Waals surface area (Å²) in [6.07, 6.45) is 6.21. The Labute approximate surface area is 113 Å². The topological polar surface area (TPSA) is 64.7 Å². The molecule has 0 unspecified atom stereocenters. The monoisotopic (exact) mass is 254 g/mol. The molecule has 0 bridgehead atoms. The lowest BCUT2D eigenvalue weighted by Crippen LogP contribution is -2.02. The van der Waals surface area contributed by atoms with Crippen LogP contribution in [0.1, 0.15) is 31.7 Å². The van der Waals surface area contributed by atoms with Gasteiger partial charge < -0.3 is 5.73 Å². The van der Waals surface area contributed by atoms with Crippen LogP contribution in [0, 0.1) is 6.92 Å². The highest BCUT2D eigenvalue weighted by molar-refractivity contribution is 5.65. The molecule has 2 aromatic rings. The first-order valence-electron chi connectivity index (χ1n) is 6.32. The van der Waals surface area contributed by atoms with E-state index in [9.17, 15) is 0 Å². The molecule has 0 saturated carbocycles. The van der Waals surface area contributed by atoms with E-state index < -0.39 is 0 Å². The molecule has 0 spiro atoms. The van der Waals surface area contributed by atoms with Crippen LogP contribution in [-0.4, -0.2) is 15.0 Å². The molecule has 2 N–H and O–H groups in total. The first kappa shape index (κ1) is 13.2. The highest BCUT2D eigenvalue weighted by Crippen LogP contribution is 2.18. The van der Waals surface area contributed by atoms with E-state index in [1.165, 1.54) is 0 Å². The zero-order valence-corrected chi connectivity index (χ0v) is 11.5. The largest absolute Gasteiger partial charge is 0.397 e. The minimum atomic E-state index is 0.754. The van der Waals surface area contributed by atoms with Crippen LogP contribution in [0.2, 0.25) is 0 Å². The van der Waals surface area contributed by atoms with Crippen LogP contribution in [0.15, 0.2) is 36.3 Å². The van der Waals surface area contributed by atoms with Crippen LogP contribution >= 0.6 is 0 Å². The molecule has 19 heavy (non-hydrogen) atoms. The second kappa shape index (κ2) is 5.61. The minimum Gasteiger partial charge on any atom is -0.397 e. The van der Waals surface area contributed by atoms with Crippen molar-refractivity contribution in [2.75, 3.05) is 0 Å². The van der Waals surface area contributed by atoms with Crippen molar-refractivity contribution < 1.29 is 0 Å². The van der Waals surface area contributed by atoms with E-state index in [0.29, 0.717) is 0 Å². The van der Waals surface area contributed by atoms with Crippen molar-refractivity contribution in [1.29, 1.82) is 0 Å². The third kappa shape index (κ3) is 2.96. The molecule has 0 amide bonds. The lowest BCUT2D eigenvalue weighted by molar-refractivity contribution is 1.08. The number of hydrogen-bond donors (Lipinski definition) is 1. The van der Waals surface area contributed by atoms with Crippen molar-refractivity contribution in [2.45, 2.75) is 27.2 Å². The third-order valence-electron chi connectivity index (χ3n) is 3.11. The highest BCUT2D eigenvalue weighted by Gasteiger charge is 2.04. The van der Waals surface area contributed by atoms with Gasteiger partial charge in [0.25, 0.3) is 0 Å². The Balaban J connectivity index is 2.31. The van der Waals surface area contributed by atoms with Crippen LogP contribution < -0.4 is 5.73 Å². The fraction of sp³-hybridized carbons (Fsp3) is 0.267. The van der Waals surface area contributed by atoms with Crippen LogP contribution in [0.3, 0.4) is 0 Å². The molecule has 4 nitrogen and oxygen atoms in total. The molecule has 0 fully saturated rings. The summed E-state index contributed by atoms with van der Waals surface area (Å²) in [4.78, 5) is 13.0. The maximum absolute atomic E-state index is 6.05. The van der Waals surface area contributed by atoms with Crippen molar-refractivity contribution in [1.82, 2.24) is 15.0 Å². The summed E-state index contributed by atoms with van der Waals surface area (Å²) in [6, 6.07) is 3.89. The molecule has 0 saturated heterocycles. The molecule has 98 valence electrons. The van der Waals surface area contributed by atoms with Gasteiger partial charge in [-0.3, -0.25) is 15.0 Å². The molecule has 0 aliphatic heterocycles. The second-order valence-electron chi connectivity index (χ2n) is 4.52. The molecule has 0 atom stereocenters. The maximum atomic E-state index is 6.05. The Hall–Kier alpha value is -2.23. The van der Waals surface area contributed by atoms with Gasteiger partial charge in [-0.1, -0.05) is 6.92 Å². The van der Waals surface area contributed by atoms with Crippen molar-refractivity contribution in [3.05, 3.63) is 47.7 Å². The number of aromatic nitrogens is 3. The summed E-state index contributed by atoms with van der Waals surface area (Å²) < 4.78 is 0. The number of aryl methyl sites for hydroxylation is 1. The summed E-state index contributed by atoms with van der Waals surface area (Å²) in [7, 11) is 0. The van der Waals surface area contributed by atoms with Gasteiger partial charge in [0, 0.05) is 18.0 Å². The Morgan fingerprint density at radius 3 is 2.42 bits per heavy atom. The van der Waals surface area contributed by atoms with E-state index >= 15 is 0 Å². The molecule has 0 aliphatic rings. The SMILES string of the molecule is CC/C(C)=C(/N)c1ccc(-c2cnc(C)cn2)cn1. The average Bonchev–Trinajstić information content (AvgIpc) is 2.46. The fourth-order valence-corrected chi connectivity index (χ4v) is 1.66. The highest BCUT2D eigenvalue weighted by atomic mass is 14.8. The zero-order valence-electron chi connectivity index (χ0n) is 11.5. The lowest BCUT2D eigenvalue weighted by atomic mass is 10.1. The average molecular weight is 254 g/mol. The van der Waals surface area contributed by atoms with Gasteiger partial charge in [0.1, 0.15) is 0 Å². The number of nitrogens with two attached hydrogens (primary N) is 1. The van der Waals surface area contributed by atoms with E-state index in [0.717, 1.165) is 40.3 Å². The van der Waals surface area contributed by atoms with E-state index in [4.69, 9.17) is 5.73 Å². The van der Waals surface area contributed by atoms with Gasteiger partial charge in [-0.2, -0.15) is 0 Å². The molecular weight excluding hydrogens is 236 g/mol. The van der Waals surface area contributed by atoms with Gasteiger partial charge in [0.05, 0.1) is 29.0 Å². The standard InChI is InChI=1S/C15H18N4/c1-4-10(2)15(16)13-6-5-12(8-19-13)14-9-17-11(3)7-18-14/h5-9H,4,16H2,1-3H3/b15-10+. The van der Waals surface area contributed by atoms with Gasteiger partial charge in [-0.05, 0) is 38.0 Å². The van der Waals surface area contributed by atoms with E-state index in [-0.39, 0.29) is 0 Å². The number of allylic oxidation sites excluding steroid dienone is 1. The molecule has 0 aliphatic carbocycles. The van der Waals surface area contributed by atoms with Gasteiger partial charge in [-0.25, -0.2) is 0 Å². The molecule has 4 heteroatoms. The molecule has 0 radical (unpaired) electrons. The molecule has 2 rings (SSSR count). The number of pyridine rings is 1. The molecule has 2 heterocycles. The number of rotatable bonds is 3. The first-order valence-corrected chi connectivity index (χ1v) is 6.32.